The van der Waals surface area contributed by atoms with Gasteiger partial charge in [0.15, 0.2) is 0 Å². The second-order valence-corrected chi connectivity index (χ2v) is 4.25. The number of nitrogens with one attached hydrogen (secondary N) is 1. The first-order valence-electron chi connectivity index (χ1n) is 5.42. The maximum Gasteiger partial charge on any atom is 0.253 e. The SMILES string of the molecule is Cc1cc(=O)n(CC2CCNC2)c(C)n1. The lowest BCUT2D eigenvalue weighted by Crippen LogP contribution is -2.27. The molecule has 1 aromatic heterocycles. The zero-order valence-electron chi connectivity index (χ0n) is 9.29. The van der Waals surface area contributed by atoms with Gasteiger partial charge in [0.25, 0.3) is 5.56 Å². The van der Waals surface area contributed by atoms with E-state index in [0.717, 1.165) is 37.6 Å². The molecule has 82 valence electrons. The van der Waals surface area contributed by atoms with Gasteiger partial charge in [0, 0.05) is 18.3 Å². The van der Waals surface area contributed by atoms with Crippen molar-refractivity contribution in [3.63, 3.8) is 0 Å². The van der Waals surface area contributed by atoms with Crippen LogP contribution in [0, 0.1) is 19.8 Å². The van der Waals surface area contributed by atoms with Crippen molar-refractivity contribution < 1.29 is 0 Å². The van der Waals surface area contributed by atoms with E-state index in [9.17, 15) is 4.79 Å². The smallest absolute Gasteiger partial charge is 0.253 e. The Morgan fingerprint density at radius 3 is 3.00 bits per heavy atom. The topological polar surface area (TPSA) is 46.9 Å². The van der Waals surface area contributed by atoms with Gasteiger partial charge in [-0.2, -0.15) is 0 Å². The van der Waals surface area contributed by atoms with Gasteiger partial charge in [0.2, 0.25) is 0 Å². The average Bonchev–Trinajstić information content (AvgIpc) is 2.63. The van der Waals surface area contributed by atoms with Crippen LogP contribution in [-0.4, -0.2) is 22.6 Å². The fourth-order valence-corrected chi connectivity index (χ4v) is 2.11. The second kappa shape index (κ2) is 4.14. The molecule has 0 amide bonds. The highest BCUT2D eigenvalue weighted by molar-refractivity contribution is 5.01. The van der Waals surface area contributed by atoms with Gasteiger partial charge in [-0.1, -0.05) is 0 Å². The van der Waals surface area contributed by atoms with E-state index in [2.05, 4.69) is 10.3 Å². The number of aromatic nitrogens is 2. The maximum atomic E-state index is 11.8. The Morgan fingerprint density at radius 1 is 1.60 bits per heavy atom. The molecule has 0 spiro atoms. The third kappa shape index (κ3) is 2.26. The number of aryl methyl sites for hydroxylation is 2. The monoisotopic (exact) mass is 207 g/mol. The average molecular weight is 207 g/mol. The lowest BCUT2D eigenvalue weighted by atomic mass is 10.1. The zero-order chi connectivity index (χ0) is 10.8. The Hall–Kier alpha value is -1.16. The first-order valence-corrected chi connectivity index (χ1v) is 5.42. The predicted molar refractivity (Wildman–Crippen MR) is 58.9 cm³/mol. The van der Waals surface area contributed by atoms with Crippen molar-refractivity contribution in [3.8, 4) is 0 Å². The number of hydrogen-bond acceptors (Lipinski definition) is 3. The summed E-state index contributed by atoms with van der Waals surface area (Å²) < 4.78 is 1.78. The normalized spacial score (nSPS) is 20.8. The zero-order valence-corrected chi connectivity index (χ0v) is 9.29. The van der Waals surface area contributed by atoms with E-state index in [-0.39, 0.29) is 5.56 Å². The summed E-state index contributed by atoms with van der Waals surface area (Å²) in [6.45, 7) is 6.63. The summed E-state index contributed by atoms with van der Waals surface area (Å²) in [6, 6.07) is 1.61. The van der Waals surface area contributed by atoms with E-state index < -0.39 is 0 Å². The lowest BCUT2D eigenvalue weighted by molar-refractivity contribution is 0.458. The molecular formula is C11H17N3O. The van der Waals surface area contributed by atoms with Crippen LogP contribution in [0.15, 0.2) is 10.9 Å². The first kappa shape index (κ1) is 10.4. The summed E-state index contributed by atoms with van der Waals surface area (Å²) in [5.74, 6) is 1.40. The van der Waals surface area contributed by atoms with Crippen molar-refractivity contribution in [1.82, 2.24) is 14.9 Å². The molecule has 1 N–H and O–H groups in total. The van der Waals surface area contributed by atoms with Gasteiger partial charge in [-0.15, -0.1) is 0 Å². The molecule has 2 rings (SSSR count). The Labute approximate surface area is 89.3 Å². The van der Waals surface area contributed by atoms with Crippen LogP contribution in [0.2, 0.25) is 0 Å². The summed E-state index contributed by atoms with van der Waals surface area (Å²) in [5, 5.41) is 3.31. The molecule has 4 nitrogen and oxygen atoms in total. The van der Waals surface area contributed by atoms with Gasteiger partial charge < -0.3 is 5.32 Å². The standard InChI is InChI=1S/C11H17N3O/c1-8-5-11(15)14(9(2)13-8)7-10-3-4-12-6-10/h5,10,12H,3-4,6-7H2,1-2H3. The van der Waals surface area contributed by atoms with Gasteiger partial charge in [0.1, 0.15) is 5.82 Å². The van der Waals surface area contributed by atoms with Crippen LogP contribution >= 0.6 is 0 Å². The highest BCUT2D eigenvalue weighted by Gasteiger charge is 2.16. The van der Waals surface area contributed by atoms with E-state index in [1.165, 1.54) is 0 Å². The summed E-state index contributed by atoms with van der Waals surface area (Å²) in [7, 11) is 0. The molecule has 1 atom stereocenters. The summed E-state index contributed by atoms with van der Waals surface area (Å²) in [4.78, 5) is 16.1. The first-order chi connectivity index (χ1) is 7.16. The molecule has 1 aliphatic heterocycles. The van der Waals surface area contributed by atoms with Crippen LogP contribution < -0.4 is 10.9 Å². The fraction of sp³-hybridized carbons (Fsp3) is 0.636. The molecule has 4 heteroatoms. The third-order valence-corrected chi connectivity index (χ3v) is 2.93. The largest absolute Gasteiger partial charge is 0.316 e. The van der Waals surface area contributed by atoms with Gasteiger partial charge in [0.05, 0.1) is 0 Å². The molecule has 1 saturated heterocycles. The van der Waals surface area contributed by atoms with E-state index in [1.807, 2.05) is 13.8 Å². The van der Waals surface area contributed by atoms with Crippen LogP contribution in [0.25, 0.3) is 0 Å². The van der Waals surface area contributed by atoms with Crippen LogP contribution in [0.4, 0.5) is 0 Å². The highest BCUT2D eigenvalue weighted by Crippen LogP contribution is 2.10. The van der Waals surface area contributed by atoms with Gasteiger partial charge in [-0.05, 0) is 39.3 Å². The van der Waals surface area contributed by atoms with E-state index in [1.54, 1.807) is 10.6 Å². The molecule has 0 radical (unpaired) electrons. The summed E-state index contributed by atoms with van der Waals surface area (Å²) >= 11 is 0. The van der Waals surface area contributed by atoms with Crippen molar-refractivity contribution in [3.05, 3.63) is 27.9 Å². The molecule has 2 heterocycles. The Morgan fingerprint density at radius 2 is 2.40 bits per heavy atom. The minimum atomic E-state index is 0.0758. The molecule has 1 fully saturated rings. The van der Waals surface area contributed by atoms with Crippen molar-refractivity contribution in [2.75, 3.05) is 13.1 Å². The summed E-state index contributed by atoms with van der Waals surface area (Å²) in [6.07, 6.45) is 1.15. The third-order valence-electron chi connectivity index (χ3n) is 2.93. The van der Waals surface area contributed by atoms with Crippen molar-refractivity contribution in [2.24, 2.45) is 5.92 Å². The fourth-order valence-electron chi connectivity index (χ4n) is 2.11. The van der Waals surface area contributed by atoms with Crippen LogP contribution in [0.3, 0.4) is 0 Å². The highest BCUT2D eigenvalue weighted by atomic mass is 16.1. The van der Waals surface area contributed by atoms with Crippen molar-refractivity contribution >= 4 is 0 Å². The van der Waals surface area contributed by atoms with Crippen molar-refractivity contribution in [1.29, 1.82) is 0 Å². The number of rotatable bonds is 2. The molecule has 1 aliphatic rings. The van der Waals surface area contributed by atoms with Crippen molar-refractivity contribution in [2.45, 2.75) is 26.8 Å². The molecule has 0 bridgehead atoms. The van der Waals surface area contributed by atoms with E-state index >= 15 is 0 Å². The van der Waals surface area contributed by atoms with Crippen LogP contribution in [-0.2, 0) is 6.54 Å². The van der Waals surface area contributed by atoms with Gasteiger partial charge in [-0.3, -0.25) is 9.36 Å². The molecular weight excluding hydrogens is 190 g/mol. The quantitative estimate of drug-likeness (QED) is 0.767. The van der Waals surface area contributed by atoms with E-state index in [4.69, 9.17) is 0 Å². The summed E-state index contributed by atoms with van der Waals surface area (Å²) in [5.41, 5.74) is 0.880. The Kier molecular flexibility index (Phi) is 2.86. The molecule has 0 aliphatic carbocycles. The molecule has 0 saturated carbocycles. The Bertz CT molecular complexity index is 405. The second-order valence-electron chi connectivity index (χ2n) is 4.25. The minimum Gasteiger partial charge on any atom is -0.316 e. The Balaban J connectivity index is 2.23. The maximum absolute atomic E-state index is 11.8. The lowest BCUT2D eigenvalue weighted by Gasteiger charge is -2.13. The van der Waals surface area contributed by atoms with Gasteiger partial charge in [-0.25, -0.2) is 4.98 Å². The van der Waals surface area contributed by atoms with Crippen LogP contribution in [0.1, 0.15) is 17.9 Å². The number of nitrogens with zero attached hydrogens (tertiary/aromatic N) is 2. The van der Waals surface area contributed by atoms with E-state index in [0.29, 0.717) is 5.92 Å². The predicted octanol–water partition coefficient (Wildman–Crippen LogP) is 0.470. The van der Waals surface area contributed by atoms with Gasteiger partial charge >= 0.3 is 0 Å². The molecule has 15 heavy (non-hydrogen) atoms. The minimum absolute atomic E-state index is 0.0758. The number of hydrogen-bond donors (Lipinski definition) is 1. The van der Waals surface area contributed by atoms with Crippen LogP contribution in [0.5, 0.6) is 0 Å². The molecule has 1 unspecified atom stereocenters. The molecule has 0 aromatic carbocycles. The molecule has 1 aromatic rings.